The fraction of sp³-hybridized carbons (Fsp3) is 0. The average Bonchev–Trinajstić information content (AvgIpc) is 2.19. The van der Waals surface area contributed by atoms with Crippen molar-refractivity contribution in [2.75, 3.05) is 11.5 Å². The van der Waals surface area contributed by atoms with Gasteiger partial charge in [0.05, 0.1) is 11.4 Å². The molecule has 0 aliphatic rings. The number of rotatable bonds is 3. The van der Waals surface area contributed by atoms with Crippen LogP contribution in [0.4, 0.5) is 11.4 Å². The summed E-state index contributed by atoms with van der Waals surface area (Å²) < 4.78 is 0. The van der Waals surface area contributed by atoms with E-state index < -0.39 is 0 Å². The Labute approximate surface area is 84.2 Å². The van der Waals surface area contributed by atoms with Crippen molar-refractivity contribution in [1.82, 2.24) is 0 Å². The Morgan fingerprint density at radius 3 is 2.36 bits per heavy atom. The Balaban J connectivity index is 3.18. The van der Waals surface area contributed by atoms with Crippen molar-refractivity contribution >= 4 is 16.9 Å². The summed E-state index contributed by atoms with van der Waals surface area (Å²) >= 11 is 0. The highest BCUT2D eigenvalue weighted by atomic mass is 14.7. The lowest BCUT2D eigenvalue weighted by Crippen LogP contribution is -1.95. The number of anilines is 2. The molecule has 14 heavy (non-hydrogen) atoms. The number of nitrogens with two attached hydrogens (primary N) is 2. The number of hydrogen-bond acceptors (Lipinski definition) is 2. The second kappa shape index (κ2) is 4.33. The molecular formula is C12H14N2. The summed E-state index contributed by atoms with van der Waals surface area (Å²) in [6.45, 7) is 7.35. The van der Waals surface area contributed by atoms with E-state index in [1.165, 1.54) is 0 Å². The smallest absolute Gasteiger partial charge is 0.0554 e. The number of hydrogen-bond donors (Lipinski definition) is 2. The SMILES string of the molecule is C=C/C=C(\C=C)c1ccc(N)c(N)c1. The van der Waals surface area contributed by atoms with Gasteiger partial charge in [-0.3, -0.25) is 0 Å². The Kier molecular flexibility index (Phi) is 3.13. The molecule has 0 aliphatic heterocycles. The van der Waals surface area contributed by atoms with Gasteiger partial charge in [-0.05, 0) is 23.3 Å². The molecule has 0 saturated carbocycles. The molecule has 0 spiro atoms. The Hall–Kier alpha value is -1.96. The van der Waals surface area contributed by atoms with Gasteiger partial charge in [-0.25, -0.2) is 0 Å². The van der Waals surface area contributed by atoms with E-state index in [0.717, 1.165) is 11.1 Å². The lowest BCUT2D eigenvalue weighted by Gasteiger charge is -2.05. The third kappa shape index (κ3) is 2.04. The molecular weight excluding hydrogens is 172 g/mol. The molecule has 0 unspecified atom stereocenters. The Morgan fingerprint density at radius 2 is 1.86 bits per heavy atom. The van der Waals surface area contributed by atoms with Crippen LogP contribution in [-0.4, -0.2) is 0 Å². The van der Waals surface area contributed by atoms with Crippen LogP contribution >= 0.6 is 0 Å². The van der Waals surface area contributed by atoms with Crippen LogP contribution in [0.2, 0.25) is 0 Å². The lowest BCUT2D eigenvalue weighted by molar-refractivity contribution is 1.60. The number of benzene rings is 1. The van der Waals surface area contributed by atoms with Crippen molar-refractivity contribution in [2.24, 2.45) is 0 Å². The van der Waals surface area contributed by atoms with Gasteiger partial charge in [0.2, 0.25) is 0 Å². The summed E-state index contributed by atoms with van der Waals surface area (Å²) in [6, 6.07) is 5.51. The van der Waals surface area contributed by atoms with Gasteiger partial charge in [0, 0.05) is 0 Å². The minimum atomic E-state index is 0.583. The lowest BCUT2D eigenvalue weighted by atomic mass is 10.0. The van der Waals surface area contributed by atoms with Gasteiger partial charge in [-0.2, -0.15) is 0 Å². The molecule has 0 amide bonds. The molecule has 1 aromatic carbocycles. The monoisotopic (exact) mass is 186 g/mol. The summed E-state index contributed by atoms with van der Waals surface area (Å²) in [6.07, 6.45) is 5.34. The quantitative estimate of drug-likeness (QED) is 0.563. The third-order valence-corrected chi connectivity index (χ3v) is 1.94. The van der Waals surface area contributed by atoms with Crippen LogP contribution in [0.25, 0.3) is 5.57 Å². The van der Waals surface area contributed by atoms with Crippen molar-refractivity contribution in [3.8, 4) is 0 Å². The van der Waals surface area contributed by atoms with Crippen LogP contribution in [0, 0.1) is 0 Å². The summed E-state index contributed by atoms with van der Waals surface area (Å²) in [7, 11) is 0. The highest BCUT2D eigenvalue weighted by Gasteiger charge is 1.99. The van der Waals surface area contributed by atoms with E-state index in [1.807, 2.05) is 18.2 Å². The summed E-state index contributed by atoms with van der Waals surface area (Å²) in [5.74, 6) is 0. The van der Waals surface area contributed by atoms with Gasteiger partial charge in [0.25, 0.3) is 0 Å². The van der Waals surface area contributed by atoms with E-state index in [9.17, 15) is 0 Å². The van der Waals surface area contributed by atoms with Crippen LogP contribution in [0.15, 0.2) is 49.6 Å². The first-order chi connectivity index (χ1) is 6.69. The van der Waals surface area contributed by atoms with Gasteiger partial charge >= 0.3 is 0 Å². The molecule has 72 valence electrons. The van der Waals surface area contributed by atoms with E-state index in [1.54, 1.807) is 18.2 Å². The van der Waals surface area contributed by atoms with Crippen LogP contribution < -0.4 is 11.5 Å². The first kappa shape index (κ1) is 10.1. The highest BCUT2D eigenvalue weighted by molar-refractivity contribution is 5.79. The maximum atomic E-state index is 5.70. The minimum absolute atomic E-state index is 0.583. The van der Waals surface area contributed by atoms with Gasteiger partial charge in [-0.15, -0.1) is 0 Å². The zero-order valence-corrected chi connectivity index (χ0v) is 8.03. The normalized spacial score (nSPS) is 11.0. The maximum Gasteiger partial charge on any atom is 0.0554 e. The standard InChI is InChI=1S/C12H14N2/c1-3-5-9(4-2)10-6-7-11(13)12(14)8-10/h3-8H,1-2,13-14H2/b9-5+. The molecule has 0 radical (unpaired) electrons. The fourth-order valence-corrected chi connectivity index (χ4v) is 1.16. The second-order valence-electron chi connectivity index (χ2n) is 2.91. The zero-order valence-electron chi connectivity index (χ0n) is 8.03. The number of allylic oxidation sites excluding steroid dienone is 4. The van der Waals surface area contributed by atoms with Gasteiger partial charge in [-0.1, -0.05) is 37.5 Å². The van der Waals surface area contributed by atoms with E-state index in [2.05, 4.69) is 13.2 Å². The Morgan fingerprint density at radius 1 is 1.14 bits per heavy atom. The number of nitrogen functional groups attached to an aromatic ring is 2. The summed E-state index contributed by atoms with van der Waals surface area (Å²) in [5.41, 5.74) is 14.5. The van der Waals surface area contributed by atoms with Gasteiger partial charge in [0.1, 0.15) is 0 Å². The topological polar surface area (TPSA) is 52.0 Å². The highest BCUT2D eigenvalue weighted by Crippen LogP contribution is 2.22. The van der Waals surface area contributed by atoms with Crippen LogP contribution in [0.5, 0.6) is 0 Å². The van der Waals surface area contributed by atoms with Crippen LogP contribution in [0.3, 0.4) is 0 Å². The third-order valence-electron chi connectivity index (χ3n) is 1.94. The molecule has 0 aliphatic carbocycles. The van der Waals surface area contributed by atoms with E-state index in [4.69, 9.17) is 11.5 Å². The van der Waals surface area contributed by atoms with Crippen molar-refractivity contribution in [3.05, 3.63) is 55.1 Å². The van der Waals surface area contributed by atoms with E-state index in [-0.39, 0.29) is 0 Å². The average molecular weight is 186 g/mol. The molecule has 4 N–H and O–H groups in total. The molecule has 0 bridgehead atoms. The second-order valence-corrected chi connectivity index (χ2v) is 2.91. The van der Waals surface area contributed by atoms with Crippen molar-refractivity contribution in [2.45, 2.75) is 0 Å². The predicted molar refractivity (Wildman–Crippen MR) is 63.6 cm³/mol. The van der Waals surface area contributed by atoms with E-state index in [0.29, 0.717) is 11.4 Å². The Bertz CT molecular complexity index is 389. The van der Waals surface area contributed by atoms with Crippen molar-refractivity contribution in [3.63, 3.8) is 0 Å². The molecule has 0 heterocycles. The van der Waals surface area contributed by atoms with Crippen molar-refractivity contribution < 1.29 is 0 Å². The van der Waals surface area contributed by atoms with E-state index >= 15 is 0 Å². The van der Waals surface area contributed by atoms with Crippen molar-refractivity contribution in [1.29, 1.82) is 0 Å². The fourth-order valence-electron chi connectivity index (χ4n) is 1.16. The first-order valence-corrected chi connectivity index (χ1v) is 4.29. The zero-order chi connectivity index (χ0) is 10.6. The maximum absolute atomic E-state index is 5.70. The molecule has 0 fully saturated rings. The molecule has 1 rings (SSSR count). The summed E-state index contributed by atoms with van der Waals surface area (Å²) in [5, 5.41) is 0. The van der Waals surface area contributed by atoms with Gasteiger partial charge in [0.15, 0.2) is 0 Å². The molecule has 0 atom stereocenters. The predicted octanol–water partition coefficient (Wildman–Crippen LogP) is 2.61. The summed E-state index contributed by atoms with van der Waals surface area (Å²) in [4.78, 5) is 0. The van der Waals surface area contributed by atoms with Gasteiger partial charge < -0.3 is 11.5 Å². The van der Waals surface area contributed by atoms with Crippen LogP contribution in [-0.2, 0) is 0 Å². The molecule has 1 aromatic rings. The molecule has 2 nitrogen and oxygen atoms in total. The molecule has 0 aromatic heterocycles. The first-order valence-electron chi connectivity index (χ1n) is 4.29. The largest absolute Gasteiger partial charge is 0.397 e. The molecule has 0 saturated heterocycles. The minimum Gasteiger partial charge on any atom is -0.397 e. The molecule has 2 heteroatoms. The van der Waals surface area contributed by atoms with Crippen LogP contribution in [0.1, 0.15) is 5.56 Å².